The van der Waals surface area contributed by atoms with Gasteiger partial charge in [-0.05, 0) is 25.1 Å². The average molecular weight is 265 g/mol. The maximum atomic E-state index is 11.2. The summed E-state index contributed by atoms with van der Waals surface area (Å²) in [6.07, 6.45) is 3.44. The summed E-state index contributed by atoms with van der Waals surface area (Å²) in [5.74, 6) is 0.540. The minimum absolute atomic E-state index is 0.0184. The highest BCUT2D eigenvalue weighted by Gasteiger charge is 2.07. The Bertz CT molecular complexity index is 578. The van der Waals surface area contributed by atoms with E-state index in [0.29, 0.717) is 22.9 Å². The van der Waals surface area contributed by atoms with Crippen LogP contribution in [0.15, 0.2) is 30.7 Å². The summed E-state index contributed by atoms with van der Waals surface area (Å²) in [6, 6.07) is 5.02. The number of carbonyl (C=O) groups excluding carboxylic acids is 1. The lowest BCUT2D eigenvalue weighted by Gasteiger charge is -2.09. The van der Waals surface area contributed by atoms with E-state index in [-0.39, 0.29) is 5.78 Å². The fraction of sp³-hybridized carbons (Fsp3) is 0.231. The second-order valence-electron chi connectivity index (χ2n) is 3.99. The first-order chi connectivity index (χ1) is 8.58. The first kappa shape index (κ1) is 12.6. The molecule has 0 saturated carbocycles. The van der Waals surface area contributed by atoms with E-state index in [1.807, 2.05) is 11.6 Å². The fourth-order valence-electron chi connectivity index (χ4n) is 1.51. The van der Waals surface area contributed by atoms with Crippen molar-refractivity contribution in [3.8, 4) is 5.75 Å². The zero-order valence-electron chi connectivity index (χ0n) is 10.2. The topological polar surface area (TPSA) is 44.1 Å². The Balaban J connectivity index is 2.11. The molecule has 0 saturated heterocycles. The Labute approximate surface area is 110 Å². The highest BCUT2D eigenvalue weighted by atomic mass is 35.5. The molecule has 18 heavy (non-hydrogen) atoms. The Morgan fingerprint density at radius 1 is 1.50 bits per heavy atom. The first-order valence-electron chi connectivity index (χ1n) is 5.46. The SMILES string of the molecule is CC(=O)c1ccc(OCc2cncn2C)c(Cl)c1. The maximum Gasteiger partial charge on any atom is 0.159 e. The molecule has 0 amide bonds. The number of ketones is 1. The number of hydrogen-bond acceptors (Lipinski definition) is 3. The minimum Gasteiger partial charge on any atom is -0.486 e. The molecule has 1 aromatic carbocycles. The molecule has 0 aliphatic heterocycles. The van der Waals surface area contributed by atoms with Gasteiger partial charge in [0.2, 0.25) is 0 Å². The molecule has 1 heterocycles. The molecule has 0 aliphatic carbocycles. The zero-order valence-corrected chi connectivity index (χ0v) is 10.9. The number of halogens is 1. The third kappa shape index (κ3) is 2.71. The number of imidazole rings is 1. The number of rotatable bonds is 4. The van der Waals surface area contributed by atoms with Crippen LogP contribution in [0.3, 0.4) is 0 Å². The highest BCUT2D eigenvalue weighted by Crippen LogP contribution is 2.26. The number of aromatic nitrogens is 2. The van der Waals surface area contributed by atoms with Crippen LogP contribution in [0, 0.1) is 0 Å². The molecule has 5 heteroatoms. The number of nitrogens with zero attached hydrogens (tertiary/aromatic N) is 2. The Hall–Kier alpha value is -1.81. The van der Waals surface area contributed by atoms with Gasteiger partial charge >= 0.3 is 0 Å². The number of ether oxygens (including phenoxy) is 1. The number of benzene rings is 1. The van der Waals surface area contributed by atoms with Gasteiger partial charge in [-0.1, -0.05) is 11.6 Å². The van der Waals surface area contributed by atoms with Crippen LogP contribution in [-0.4, -0.2) is 15.3 Å². The van der Waals surface area contributed by atoms with Gasteiger partial charge in [-0.25, -0.2) is 4.98 Å². The lowest BCUT2D eigenvalue weighted by molar-refractivity contribution is 0.101. The lowest BCUT2D eigenvalue weighted by Crippen LogP contribution is -2.02. The number of aryl methyl sites for hydroxylation is 1. The van der Waals surface area contributed by atoms with Crippen molar-refractivity contribution in [3.63, 3.8) is 0 Å². The summed E-state index contributed by atoms with van der Waals surface area (Å²) < 4.78 is 7.47. The number of carbonyl (C=O) groups is 1. The van der Waals surface area contributed by atoms with Gasteiger partial charge in [0, 0.05) is 12.6 Å². The number of Topliss-reactive ketones (excluding diaryl/α,β-unsaturated/α-hetero) is 1. The predicted octanol–water partition coefficient (Wildman–Crippen LogP) is 2.86. The zero-order chi connectivity index (χ0) is 13.1. The molecule has 94 valence electrons. The highest BCUT2D eigenvalue weighted by molar-refractivity contribution is 6.32. The van der Waals surface area contributed by atoms with Crippen molar-refractivity contribution in [2.75, 3.05) is 0 Å². The molecule has 0 atom stereocenters. The molecule has 1 aromatic heterocycles. The summed E-state index contributed by atoms with van der Waals surface area (Å²) in [6.45, 7) is 1.89. The van der Waals surface area contributed by atoms with Gasteiger partial charge in [-0.3, -0.25) is 4.79 Å². The van der Waals surface area contributed by atoms with E-state index in [0.717, 1.165) is 5.69 Å². The molecule has 0 radical (unpaired) electrons. The lowest BCUT2D eigenvalue weighted by atomic mass is 10.1. The summed E-state index contributed by atoms with van der Waals surface area (Å²) in [7, 11) is 1.89. The van der Waals surface area contributed by atoms with E-state index in [1.54, 1.807) is 30.7 Å². The fourth-order valence-corrected chi connectivity index (χ4v) is 1.75. The second kappa shape index (κ2) is 5.23. The Kier molecular flexibility index (Phi) is 3.67. The van der Waals surface area contributed by atoms with E-state index in [2.05, 4.69) is 4.98 Å². The van der Waals surface area contributed by atoms with Crippen molar-refractivity contribution in [3.05, 3.63) is 47.0 Å². The summed E-state index contributed by atoms with van der Waals surface area (Å²) >= 11 is 6.05. The first-order valence-corrected chi connectivity index (χ1v) is 5.84. The van der Waals surface area contributed by atoms with Gasteiger partial charge in [-0.2, -0.15) is 0 Å². The quantitative estimate of drug-likeness (QED) is 0.798. The van der Waals surface area contributed by atoms with Crippen LogP contribution in [-0.2, 0) is 13.7 Å². The van der Waals surface area contributed by atoms with Gasteiger partial charge in [0.15, 0.2) is 5.78 Å². The Morgan fingerprint density at radius 3 is 2.83 bits per heavy atom. The molecule has 0 bridgehead atoms. The molecule has 2 rings (SSSR count). The molecule has 0 spiro atoms. The van der Waals surface area contributed by atoms with Crippen LogP contribution >= 0.6 is 11.6 Å². The summed E-state index contributed by atoms with van der Waals surface area (Å²) in [5, 5.41) is 0.435. The molecule has 0 N–H and O–H groups in total. The summed E-state index contributed by atoms with van der Waals surface area (Å²) in [5.41, 5.74) is 1.52. The van der Waals surface area contributed by atoms with Crippen molar-refractivity contribution in [2.24, 2.45) is 7.05 Å². The van der Waals surface area contributed by atoms with Gasteiger partial charge < -0.3 is 9.30 Å². The average Bonchev–Trinajstić information content (AvgIpc) is 2.73. The monoisotopic (exact) mass is 264 g/mol. The van der Waals surface area contributed by atoms with Gasteiger partial charge in [0.25, 0.3) is 0 Å². The third-order valence-electron chi connectivity index (χ3n) is 2.63. The van der Waals surface area contributed by atoms with Crippen molar-refractivity contribution in [1.82, 2.24) is 9.55 Å². The van der Waals surface area contributed by atoms with Crippen LogP contribution in [0.25, 0.3) is 0 Å². The van der Waals surface area contributed by atoms with E-state index in [9.17, 15) is 4.79 Å². The smallest absolute Gasteiger partial charge is 0.159 e. The molecule has 0 fully saturated rings. The van der Waals surface area contributed by atoms with Crippen molar-refractivity contribution < 1.29 is 9.53 Å². The molecule has 4 nitrogen and oxygen atoms in total. The van der Waals surface area contributed by atoms with Crippen molar-refractivity contribution in [1.29, 1.82) is 0 Å². The maximum absolute atomic E-state index is 11.2. The van der Waals surface area contributed by atoms with Crippen LogP contribution in [0.1, 0.15) is 23.0 Å². The van der Waals surface area contributed by atoms with E-state index < -0.39 is 0 Å². The minimum atomic E-state index is -0.0184. The largest absolute Gasteiger partial charge is 0.486 e. The molecule has 0 unspecified atom stereocenters. The third-order valence-corrected chi connectivity index (χ3v) is 2.93. The molecular weight excluding hydrogens is 252 g/mol. The summed E-state index contributed by atoms with van der Waals surface area (Å²) in [4.78, 5) is 15.2. The van der Waals surface area contributed by atoms with E-state index >= 15 is 0 Å². The van der Waals surface area contributed by atoms with Crippen LogP contribution in [0.2, 0.25) is 5.02 Å². The van der Waals surface area contributed by atoms with E-state index in [1.165, 1.54) is 6.92 Å². The van der Waals surface area contributed by atoms with Gasteiger partial charge in [0.1, 0.15) is 12.4 Å². The standard InChI is InChI=1S/C13H13ClN2O2/c1-9(17)10-3-4-13(12(14)5-10)18-7-11-6-15-8-16(11)2/h3-6,8H,7H2,1-2H3. The van der Waals surface area contributed by atoms with Crippen LogP contribution < -0.4 is 4.74 Å². The second-order valence-corrected chi connectivity index (χ2v) is 4.39. The van der Waals surface area contributed by atoms with Gasteiger partial charge in [0.05, 0.1) is 23.2 Å². The predicted molar refractivity (Wildman–Crippen MR) is 69.0 cm³/mol. The van der Waals surface area contributed by atoms with Crippen LogP contribution in [0.5, 0.6) is 5.75 Å². The van der Waals surface area contributed by atoms with Crippen molar-refractivity contribution in [2.45, 2.75) is 13.5 Å². The number of hydrogen-bond donors (Lipinski definition) is 0. The van der Waals surface area contributed by atoms with Gasteiger partial charge in [-0.15, -0.1) is 0 Å². The van der Waals surface area contributed by atoms with E-state index in [4.69, 9.17) is 16.3 Å². The van der Waals surface area contributed by atoms with Crippen LogP contribution in [0.4, 0.5) is 0 Å². The Morgan fingerprint density at radius 2 is 2.28 bits per heavy atom. The molecule has 0 aliphatic rings. The molecule has 2 aromatic rings. The molecular formula is C13H13ClN2O2. The van der Waals surface area contributed by atoms with Crippen molar-refractivity contribution >= 4 is 17.4 Å². The normalized spacial score (nSPS) is 10.4.